The van der Waals surface area contributed by atoms with E-state index < -0.39 is 28.9 Å². The minimum absolute atomic E-state index is 0.0257. The van der Waals surface area contributed by atoms with Crippen molar-refractivity contribution in [2.75, 3.05) is 6.61 Å². The predicted octanol–water partition coefficient (Wildman–Crippen LogP) is 1.25. The molecule has 0 spiro atoms. The molecule has 3 heterocycles. The van der Waals surface area contributed by atoms with Crippen LogP contribution in [0.2, 0.25) is 0 Å². The van der Waals surface area contributed by atoms with Gasteiger partial charge in [0.25, 0.3) is 5.56 Å². The molecule has 1 aromatic carbocycles. The van der Waals surface area contributed by atoms with Crippen LogP contribution in [-0.4, -0.2) is 31.6 Å². The maximum Gasteiger partial charge on any atom is 0.333 e. The Morgan fingerprint density at radius 1 is 1.36 bits per heavy atom. The molecule has 28 heavy (non-hydrogen) atoms. The van der Waals surface area contributed by atoms with Crippen LogP contribution in [0.5, 0.6) is 0 Å². The first kappa shape index (κ1) is 17.3. The maximum absolute atomic E-state index is 13.6. The fourth-order valence-corrected chi connectivity index (χ4v) is 4.28. The monoisotopic (exact) mass is 387 g/mol. The second kappa shape index (κ2) is 5.86. The van der Waals surface area contributed by atoms with Crippen molar-refractivity contribution < 1.29 is 18.8 Å². The van der Waals surface area contributed by atoms with Gasteiger partial charge in [-0.15, -0.1) is 0 Å². The lowest BCUT2D eigenvalue weighted by Gasteiger charge is -2.23. The summed E-state index contributed by atoms with van der Waals surface area (Å²) < 4.78 is 27.1. The molecule has 3 unspecified atom stereocenters. The number of rotatable bonds is 4. The predicted molar refractivity (Wildman–Crippen MR) is 95.2 cm³/mol. The lowest BCUT2D eigenvalue weighted by molar-refractivity contribution is -0.0734. The van der Waals surface area contributed by atoms with Crippen LogP contribution < -0.4 is 11.2 Å². The van der Waals surface area contributed by atoms with Gasteiger partial charge >= 0.3 is 5.69 Å². The Morgan fingerprint density at radius 2 is 2.18 bits per heavy atom. The van der Waals surface area contributed by atoms with Crippen molar-refractivity contribution >= 4 is 11.0 Å². The lowest BCUT2D eigenvalue weighted by atomic mass is 10.0. The molecular formula is C19H18FN3O5. The van der Waals surface area contributed by atoms with Gasteiger partial charge in [0.1, 0.15) is 17.7 Å². The molecule has 4 atom stereocenters. The van der Waals surface area contributed by atoms with E-state index in [1.54, 1.807) is 0 Å². The second-order valence-electron chi connectivity index (χ2n) is 7.60. The Hall–Kier alpha value is -2.78. The number of aliphatic hydroxyl groups is 1. The van der Waals surface area contributed by atoms with Gasteiger partial charge in [0.2, 0.25) is 0 Å². The van der Waals surface area contributed by atoms with Gasteiger partial charge in [-0.25, -0.2) is 9.18 Å². The van der Waals surface area contributed by atoms with Crippen molar-refractivity contribution in [1.29, 1.82) is 0 Å². The third-order valence-corrected chi connectivity index (χ3v) is 5.97. The molecule has 1 aliphatic heterocycles. The summed E-state index contributed by atoms with van der Waals surface area (Å²) >= 11 is 0. The first-order valence-corrected chi connectivity index (χ1v) is 9.08. The van der Waals surface area contributed by atoms with E-state index >= 15 is 0 Å². The van der Waals surface area contributed by atoms with Crippen LogP contribution in [0.15, 0.2) is 44.6 Å². The van der Waals surface area contributed by atoms with Gasteiger partial charge < -0.3 is 14.4 Å². The molecule has 1 saturated heterocycles. The molecule has 1 saturated carbocycles. The summed E-state index contributed by atoms with van der Waals surface area (Å²) in [5, 5.41) is 13.9. The van der Waals surface area contributed by atoms with E-state index in [9.17, 15) is 19.1 Å². The Bertz CT molecular complexity index is 1200. The Labute approximate surface area is 157 Å². The zero-order valence-corrected chi connectivity index (χ0v) is 15.0. The molecule has 2 aliphatic rings. The zero-order chi connectivity index (χ0) is 19.6. The van der Waals surface area contributed by atoms with E-state index in [1.165, 1.54) is 35.0 Å². The molecule has 1 aliphatic carbocycles. The van der Waals surface area contributed by atoms with Gasteiger partial charge in [-0.3, -0.25) is 13.9 Å². The van der Waals surface area contributed by atoms with E-state index in [4.69, 9.17) is 9.26 Å². The van der Waals surface area contributed by atoms with Crippen LogP contribution in [0.25, 0.3) is 11.0 Å². The van der Waals surface area contributed by atoms with Gasteiger partial charge in [0, 0.05) is 23.6 Å². The van der Waals surface area contributed by atoms with Gasteiger partial charge in [0.05, 0.1) is 18.8 Å². The normalized spacial score (nSPS) is 28.6. The van der Waals surface area contributed by atoms with Crippen molar-refractivity contribution in [2.24, 2.45) is 11.8 Å². The second-order valence-corrected chi connectivity index (χ2v) is 7.60. The van der Waals surface area contributed by atoms with Crippen molar-refractivity contribution in [2.45, 2.75) is 31.7 Å². The summed E-state index contributed by atoms with van der Waals surface area (Å²) in [6.45, 7) is 1.73. The molecule has 0 radical (unpaired) electrons. The van der Waals surface area contributed by atoms with Crippen LogP contribution in [0.3, 0.4) is 0 Å². The van der Waals surface area contributed by atoms with E-state index in [2.05, 4.69) is 5.16 Å². The van der Waals surface area contributed by atoms with Gasteiger partial charge in [0.15, 0.2) is 5.58 Å². The highest BCUT2D eigenvalue weighted by Gasteiger charge is 2.66. The molecule has 9 heteroatoms. The van der Waals surface area contributed by atoms with E-state index in [0.29, 0.717) is 16.7 Å². The standard InChI is InChI=1S/C19H18FN3O5/c1-10-13-7-19(13,9-24)27-17(10)22-5-4-16(25)23(18(22)26)8-14-12-6-11(20)2-3-15(12)28-21-14/h2-6,10,13,17,24H,7-9H2,1H3/t10?,13?,17-,19?/m1/s1. The first-order chi connectivity index (χ1) is 13.4. The Kier molecular flexibility index (Phi) is 3.62. The molecule has 0 bridgehead atoms. The largest absolute Gasteiger partial charge is 0.393 e. The fourth-order valence-electron chi connectivity index (χ4n) is 4.28. The number of aliphatic hydroxyl groups excluding tert-OH is 1. The van der Waals surface area contributed by atoms with Gasteiger partial charge in [-0.1, -0.05) is 12.1 Å². The van der Waals surface area contributed by atoms with Crippen LogP contribution >= 0.6 is 0 Å². The maximum atomic E-state index is 13.6. The van der Waals surface area contributed by atoms with Gasteiger partial charge in [-0.2, -0.15) is 0 Å². The minimum atomic E-state index is -0.579. The number of halogens is 1. The molecule has 1 N–H and O–H groups in total. The van der Waals surface area contributed by atoms with Gasteiger partial charge in [-0.05, 0) is 30.5 Å². The number of ether oxygens (including phenoxy) is 1. The average molecular weight is 387 g/mol. The SMILES string of the molecule is CC1C2CC2(CO)O[C@H]1n1ccc(=O)n(Cc2noc3ccc(F)cc23)c1=O. The zero-order valence-electron chi connectivity index (χ0n) is 15.0. The summed E-state index contributed by atoms with van der Waals surface area (Å²) in [6, 6.07) is 5.24. The van der Waals surface area contributed by atoms with E-state index in [1.807, 2.05) is 6.92 Å². The molecule has 2 aromatic heterocycles. The van der Waals surface area contributed by atoms with Crippen LogP contribution in [0, 0.1) is 17.7 Å². The summed E-state index contributed by atoms with van der Waals surface area (Å²) in [5.41, 5.74) is -0.961. The summed E-state index contributed by atoms with van der Waals surface area (Å²) in [5.74, 6) is -0.244. The topological polar surface area (TPSA) is 99.5 Å². The first-order valence-electron chi connectivity index (χ1n) is 9.08. The lowest BCUT2D eigenvalue weighted by Crippen LogP contribution is -2.42. The number of aromatic nitrogens is 3. The highest BCUT2D eigenvalue weighted by Crippen LogP contribution is 2.61. The Balaban J connectivity index is 1.54. The molecule has 146 valence electrons. The summed E-state index contributed by atoms with van der Waals surface area (Å²) in [4.78, 5) is 25.4. The average Bonchev–Trinajstić information content (AvgIpc) is 3.17. The number of hydrogen-bond donors (Lipinski definition) is 1. The molecule has 3 aromatic rings. The number of hydrogen-bond acceptors (Lipinski definition) is 6. The molecular weight excluding hydrogens is 369 g/mol. The van der Waals surface area contributed by atoms with Crippen LogP contribution in [0.4, 0.5) is 4.39 Å². The third-order valence-electron chi connectivity index (χ3n) is 5.97. The van der Waals surface area contributed by atoms with Crippen molar-refractivity contribution in [3.63, 3.8) is 0 Å². The summed E-state index contributed by atoms with van der Waals surface area (Å²) in [7, 11) is 0. The number of nitrogens with zero attached hydrogens (tertiary/aromatic N) is 3. The highest BCUT2D eigenvalue weighted by atomic mass is 19.1. The smallest absolute Gasteiger partial charge is 0.333 e. The van der Waals surface area contributed by atoms with Crippen LogP contribution in [-0.2, 0) is 11.3 Å². The van der Waals surface area contributed by atoms with E-state index in [-0.39, 0.29) is 25.0 Å². The van der Waals surface area contributed by atoms with E-state index in [0.717, 1.165) is 11.0 Å². The number of benzene rings is 1. The third kappa shape index (κ3) is 2.39. The van der Waals surface area contributed by atoms with Crippen molar-refractivity contribution in [3.05, 3.63) is 62.8 Å². The van der Waals surface area contributed by atoms with Crippen molar-refractivity contribution in [1.82, 2.24) is 14.3 Å². The van der Waals surface area contributed by atoms with Crippen LogP contribution in [0.1, 0.15) is 25.3 Å². The van der Waals surface area contributed by atoms with Crippen molar-refractivity contribution in [3.8, 4) is 0 Å². The quantitative estimate of drug-likeness (QED) is 0.723. The number of fused-ring (bicyclic) bond motifs is 2. The minimum Gasteiger partial charge on any atom is -0.393 e. The summed E-state index contributed by atoms with van der Waals surface area (Å²) in [6.07, 6.45) is 1.63. The highest BCUT2D eigenvalue weighted by molar-refractivity contribution is 5.79. The molecule has 2 fully saturated rings. The fraction of sp³-hybridized carbons (Fsp3) is 0.421. The Morgan fingerprint density at radius 3 is 2.93 bits per heavy atom. The molecule has 8 nitrogen and oxygen atoms in total. The molecule has 0 amide bonds. The molecule has 5 rings (SSSR count).